The van der Waals surface area contributed by atoms with Crippen LogP contribution >= 0.6 is 0 Å². The molecule has 82 valence electrons. The van der Waals surface area contributed by atoms with Crippen molar-refractivity contribution in [3.05, 3.63) is 0 Å². The van der Waals surface area contributed by atoms with Crippen molar-refractivity contribution in [2.45, 2.75) is 51.4 Å². The number of carbonyl (C=O) groups is 1. The first-order valence-corrected chi connectivity index (χ1v) is 5.00. The molecule has 1 aliphatic rings. The summed E-state index contributed by atoms with van der Waals surface area (Å²) in [6.45, 7) is 6.79. The van der Waals surface area contributed by atoms with E-state index in [1.54, 1.807) is 0 Å². The standard InChI is InChI=1S/C10H19NO3/c1-10(2,3)14-8-4-7(11-6-8)5-9(12)13/h7-8,11H,4-6H2,1-3H3,(H,12,13)/t7?,8-/m1/s1. The zero-order valence-corrected chi connectivity index (χ0v) is 9.04. The van der Waals surface area contributed by atoms with E-state index in [4.69, 9.17) is 9.84 Å². The summed E-state index contributed by atoms with van der Waals surface area (Å²) in [5.74, 6) is -0.751. The molecule has 0 bridgehead atoms. The Kier molecular flexibility index (Phi) is 3.50. The fraction of sp³-hybridized carbons (Fsp3) is 0.900. The highest BCUT2D eigenvalue weighted by atomic mass is 16.5. The Labute approximate surface area is 84.6 Å². The van der Waals surface area contributed by atoms with Crippen LogP contribution in [0.15, 0.2) is 0 Å². The second kappa shape index (κ2) is 4.28. The molecular weight excluding hydrogens is 182 g/mol. The minimum Gasteiger partial charge on any atom is -0.481 e. The Morgan fingerprint density at radius 3 is 2.71 bits per heavy atom. The van der Waals surface area contributed by atoms with E-state index in [2.05, 4.69) is 5.32 Å². The molecule has 0 radical (unpaired) electrons. The van der Waals surface area contributed by atoms with Crippen LogP contribution < -0.4 is 5.32 Å². The molecule has 4 nitrogen and oxygen atoms in total. The Bertz CT molecular complexity index is 210. The van der Waals surface area contributed by atoms with E-state index >= 15 is 0 Å². The van der Waals surface area contributed by atoms with Gasteiger partial charge >= 0.3 is 5.97 Å². The second-order valence-electron chi connectivity index (χ2n) is 4.79. The normalized spacial score (nSPS) is 27.9. The van der Waals surface area contributed by atoms with E-state index < -0.39 is 5.97 Å². The van der Waals surface area contributed by atoms with Crippen LogP contribution in [-0.2, 0) is 9.53 Å². The van der Waals surface area contributed by atoms with Gasteiger partial charge in [0, 0.05) is 12.6 Å². The molecule has 14 heavy (non-hydrogen) atoms. The largest absolute Gasteiger partial charge is 0.481 e. The number of hydrogen-bond donors (Lipinski definition) is 2. The molecule has 0 aromatic rings. The monoisotopic (exact) mass is 201 g/mol. The third kappa shape index (κ3) is 4.07. The van der Waals surface area contributed by atoms with Gasteiger partial charge in [0.2, 0.25) is 0 Å². The minimum absolute atomic E-state index is 0.0693. The smallest absolute Gasteiger partial charge is 0.304 e. The summed E-state index contributed by atoms with van der Waals surface area (Å²) < 4.78 is 5.76. The van der Waals surface area contributed by atoms with E-state index in [0.717, 1.165) is 13.0 Å². The molecule has 1 saturated heterocycles. The van der Waals surface area contributed by atoms with Crippen LogP contribution in [0.1, 0.15) is 33.6 Å². The van der Waals surface area contributed by atoms with Gasteiger partial charge in [-0.2, -0.15) is 0 Å². The van der Waals surface area contributed by atoms with Gasteiger partial charge in [0.15, 0.2) is 0 Å². The molecule has 2 atom stereocenters. The summed E-state index contributed by atoms with van der Waals surface area (Å²) in [4.78, 5) is 10.5. The Balaban J connectivity index is 2.31. The number of nitrogens with one attached hydrogen (secondary N) is 1. The average Bonchev–Trinajstić information content (AvgIpc) is 2.30. The van der Waals surface area contributed by atoms with Gasteiger partial charge in [-0.15, -0.1) is 0 Å². The molecule has 1 heterocycles. The molecule has 0 amide bonds. The van der Waals surface area contributed by atoms with Crippen molar-refractivity contribution in [1.82, 2.24) is 5.32 Å². The van der Waals surface area contributed by atoms with Crippen LogP contribution in [0, 0.1) is 0 Å². The highest BCUT2D eigenvalue weighted by molar-refractivity contribution is 5.67. The van der Waals surface area contributed by atoms with E-state index in [1.807, 2.05) is 20.8 Å². The number of carboxylic acids is 1. The van der Waals surface area contributed by atoms with Crippen molar-refractivity contribution in [3.8, 4) is 0 Å². The van der Waals surface area contributed by atoms with Crippen LogP contribution in [0.4, 0.5) is 0 Å². The summed E-state index contributed by atoms with van der Waals surface area (Å²) in [6.07, 6.45) is 1.13. The SMILES string of the molecule is CC(C)(C)O[C@H]1CNC(CC(=O)O)C1. The fourth-order valence-electron chi connectivity index (χ4n) is 1.74. The highest BCUT2D eigenvalue weighted by Gasteiger charge is 2.29. The molecule has 1 fully saturated rings. The van der Waals surface area contributed by atoms with Gasteiger partial charge in [-0.05, 0) is 27.2 Å². The van der Waals surface area contributed by atoms with Gasteiger partial charge in [0.1, 0.15) is 0 Å². The van der Waals surface area contributed by atoms with Gasteiger partial charge in [-0.25, -0.2) is 0 Å². The molecule has 0 spiro atoms. The van der Waals surface area contributed by atoms with Crippen molar-refractivity contribution < 1.29 is 14.6 Å². The number of ether oxygens (including phenoxy) is 1. The zero-order chi connectivity index (χ0) is 10.8. The minimum atomic E-state index is -0.751. The van der Waals surface area contributed by atoms with Gasteiger partial charge < -0.3 is 15.2 Å². The number of aliphatic carboxylic acids is 1. The lowest BCUT2D eigenvalue weighted by Gasteiger charge is -2.24. The van der Waals surface area contributed by atoms with E-state index in [1.165, 1.54) is 0 Å². The topological polar surface area (TPSA) is 58.6 Å². The molecular formula is C10H19NO3. The number of carboxylic acid groups (broad SMARTS) is 1. The first kappa shape index (κ1) is 11.5. The maximum Gasteiger partial charge on any atom is 0.304 e. The lowest BCUT2D eigenvalue weighted by Crippen LogP contribution is -2.28. The van der Waals surface area contributed by atoms with Gasteiger partial charge in [0.25, 0.3) is 0 Å². The van der Waals surface area contributed by atoms with E-state index in [9.17, 15) is 4.79 Å². The third-order valence-electron chi connectivity index (χ3n) is 2.12. The van der Waals surface area contributed by atoms with Crippen LogP contribution in [0.25, 0.3) is 0 Å². The maximum atomic E-state index is 10.5. The molecule has 1 rings (SSSR count). The van der Waals surface area contributed by atoms with E-state index in [0.29, 0.717) is 0 Å². The summed E-state index contributed by atoms with van der Waals surface area (Å²) in [7, 11) is 0. The summed E-state index contributed by atoms with van der Waals surface area (Å²) in [6, 6.07) is 0.0693. The van der Waals surface area contributed by atoms with Gasteiger partial charge in [-0.1, -0.05) is 0 Å². The first-order chi connectivity index (χ1) is 6.37. The summed E-state index contributed by atoms with van der Waals surface area (Å²) in [5.41, 5.74) is -0.148. The molecule has 0 aliphatic carbocycles. The van der Waals surface area contributed by atoms with Crippen LogP contribution in [0.5, 0.6) is 0 Å². The second-order valence-corrected chi connectivity index (χ2v) is 4.79. The van der Waals surface area contributed by atoms with Crippen molar-refractivity contribution in [2.75, 3.05) is 6.54 Å². The van der Waals surface area contributed by atoms with E-state index in [-0.39, 0.29) is 24.2 Å². The summed E-state index contributed by atoms with van der Waals surface area (Å²) >= 11 is 0. The Morgan fingerprint density at radius 2 is 2.21 bits per heavy atom. The molecule has 0 aromatic carbocycles. The highest BCUT2D eigenvalue weighted by Crippen LogP contribution is 2.19. The van der Waals surface area contributed by atoms with Gasteiger partial charge in [-0.3, -0.25) is 4.79 Å². The van der Waals surface area contributed by atoms with Crippen molar-refractivity contribution in [3.63, 3.8) is 0 Å². The first-order valence-electron chi connectivity index (χ1n) is 5.00. The molecule has 0 saturated carbocycles. The lowest BCUT2D eigenvalue weighted by atomic mass is 10.1. The van der Waals surface area contributed by atoms with Crippen molar-refractivity contribution in [1.29, 1.82) is 0 Å². The predicted octanol–water partition coefficient (Wildman–Crippen LogP) is 1.01. The maximum absolute atomic E-state index is 10.5. The Morgan fingerprint density at radius 1 is 1.57 bits per heavy atom. The Hall–Kier alpha value is -0.610. The van der Waals surface area contributed by atoms with Crippen molar-refractivity contribution in [2.24, 2.45) is 0 Å². The molecule has 0 aromatic heterocycles. The molecule has 4 heteroatoms. The lowest BCUT2D eigenvalue weighted by molar-refractivity contribution is -0.137. The van der Waals surface area contributed by atoms with Gasteiger partial charge in [0.05, 0.1) is 18.1 Å². The van der Waals surface area contributed by atoms with Crippen LogP contribution in [-0.4, -0.2) is 35.4 Å². The number of rotatable bonds is 3. The average molecular weight is 201 g/mol. The fourth-order valence-corrected chi connectivity index (χ4v) is 1.74. The zero-order valence-electron chi connectivity index (χ0n) is 9.04. The van der Waals surface area contributed by atoms with Crippen molar-refractivity contribution >= 4 is 5.97 Å². The predicted molar refractivity (Wildman–Crippen MR) is 53.3 cm³/mol. The molecule has 1 aliphatic heterocycles. The molecule has 2 N–H and O–H groups in total. The van der Waals surface area contributed by atoms with Crippen LogP contribution in [0.3, 0.4) is 0 Å². The van der Waals surface area contributed by atoms with Crippen LogP contribution in [0.2, 0.25) is 0 Å². The molecule has 1 unspecified atom stereocenters. The number of hydrogen-bond acceptors (Lipinski definition) is 3. The summed E-state index contributed by atoms with van der Waals surface area (Å²) in [5, 5.41) is 11.8. The quantitative estimate of drug-likeness (QED) is 0.715. The third-order valence-corrected chi connectivity index (χ3v) is 2.12.